The van der Waals surface area contributed by atoms with Crippen LogP contribution in [-0.2, 0) is 4.79 Å². The Balaban J connectivity index is 1.87. The number of nitrogens with zero attached hydrogens (tertiary/aromatic N) is 2. The highest BCUT2D eigenvalue weighted by Gasteiger charge is 2.22. The third-order valence-electron chi connectivity index (χ3n) is 3.72. The molecular formula is C15H21ClN2O2. The van der Waals surface area contributed by atoms with Crippen LogP contribution < -0.4 is 0 Å². The van der Waals surface area contributed by atoms with Gasteiger partial charge in [-0.1, -0.05) is 36.7 Å². The molecule has 2 rings (SSSR count). The summed E-state index contributed by atoms with van der Waals surface area (Å²) < 4.78 is 0. The molecule has 4 nitrogen and oxygen atoms in total. The maximum absolute atomic E-state index is 11.6. The maximum atomic E-state index is 11.6. The van der Waals surface area contributed by atoms with Gasteiger partial charge in [-0.25, -0.2) is 0 Å². The minimum Gasteiger partial charge on any atom is -0.387 e. The van der Waals surface area contributed by atoms with Gasteiger partial charge >= 0.3 is 0 Å². The zero-order valence-electron chi connectivity index (χ0n) is 11.8. The molecule has 1 atom stereocenters. The maximum Gasteiger partial charge on any atom is 0.222 e. The van der Waals surface area contributed by atoms with Crippen molar-refractivity contribution in [1.82, 2.24) is 9.80 Å². The number of hydrogen-bond acceptors (Lipinski definition) is 3. The molecule has 1 aromatic rings. The first-order valence-corrected chi connectivity index (χ1v) is 7.42. The SMILES string of the molecule is CCC(=O)N1CCN(CC(O)c2ccccc2Cl)CC1. The van der Waals surface area contributed by atoms with Crippen LogP contribution in [0.3, 0.4) is 0 Å². The van der Waals surface area contributed by atoms with Crippen molar-refractivity contribution < 1.29 is 9.90 Å². The molecule has 20 heavy (non-hydrogen) atoms. The van der Waals surface area contributed by atoms with Gasteiger partial charge in [0, 0.05) is 49.7 Å². The van der Waals surface area contributed by atoms with Gasteiger partial charge in [0.2, 0.25) is 5.91 Å². The van der Waals surface area contributed by atoms with Crippen molar-refractivity contribution in [3.05, 3.63) is 34.9 Å². The van der Waals surface area contributed by atoms with Crippen molar-refractivity contribution in [1.29, 1.82) is 0 Å². The molecule has 1 unspecified atom stereocenters. The minimum atomic E-state index is -0.586. The molecule has 0 bridgehead atoms. The molecule has 5 heteroatoms. The lowest BCUT2D eigenvalue weighted by molar-refractivity contribution is -0.132. The molecule has 1 aliphatic heterocycles. The van der Waals surface area contributed by atoms with Gasteiger partial charge in [0.15, 0.2) is 0 Å². The molecule has 0 aromatic heterocycles. The summed E-state index contributed by atoms with van der Waals surface area (Å²) in [5, 5.41) is 10.9. The van der Waals surface area contributed by atoms with Crippen LogP contribution in [0.2, 0.25) is 5.02 Å². The highest BCUT2D eigenvalue weighted by Crippen LogP contribution is 2.23. The van der Waals surface area contributed by atoms with Gasteiger partial charge in [0.1, 0.15) is 0 Å². The number of hydrogen-bond donors (Lipinski definition) is 1. The van der Waals surface area contributed by atoms with E-state index in [-0.39, 0.29) is 5.91 Å². The van der Waals surface area contributed by atoms with Gasteiger partial charge in [-0.05, 0) is 6.07 Å². The van der Waals surface area contributed by atoms with Crippen molar-refractivity contribution in [2.45, 2.75) is 19.4 Å². The van der Waals surface area contributed by atoms with Gasteiger partial charge in [0.25, 0.3) is 0 Å². The highest BCUT2D eigenvalue weighted by molar-refractivity contribution is 6.31. The summed E-state index contributed by atoms with van der Waals surface area (Å²) in [6.07, 6.45) is -0.0282. The van der Waals surface area contributed by atoms with Crippen LogP contribution >= 0.6 is 11.6 Å². The predicted molar refractivity (Wildman–Crippen MR) is 79.7 cm³/mol. The summed E-state index contributed by atoms with van der Waals surface area (Å²) in [6.45, 7) is 5.51. The standard InChI is InChI=1S/C15H21ClN2O2/c1-2-15(20)18-9-7-17(8-10-18)11-14(19)12-5-3-4-6-13(12)16/h3-6,14,19H,2,7-11H2,1H3. The fourth-order valence-electron chi connectivity index (χ4n) is 2.49. The molecule has 110 valence electrons. The van der Waals surface area contributed by atoms with E-state index in [1.165, 1.54) is 0 Å². The third kappa shape index (κ3) is 3.72. The summed E-state index contributed by atoms with van der Waals surface area (Å²) in [5.74, 6) is 0.205. The molecule has 1 fully saturated rings. The molecule has 0 saturated carbocycles. The predicted octanol–water partition coefficient (Wildman–Crippen LogP) is 1.93. The molecule has 0 aliphatic carbocycles. The third-order valence-corrected chi connectivity index (χ3v) is 4.07. The number of aliphatic hydroxyl groups is 1. The van der Waals surface area contributed by atoms with E-state index in [0.29, 0.717) is 18.0 Å². The van der Waals surface area contributed by atoms with Crippen LogP contribution in [0.1, 0.15) is 25.0 Å². The number of piperazine rings is 1. The second-order valence-electron chi connectivity index (χ2n) is 5.07. The number of benzene rings is 1. The van der Waals surface area contributed by atoms with Gasteiger partial charge in [-0.15, -0.1) is 0 Å². The Labute approximate surface area is 124 Å². The lowest BCUT2D eigenvalue weighted by Crippen LogP contribution is -2.49. The number of halogens is 1. The molecule has 1 saturated heterocycles. The summed E-state index contributed by atoms with van der Waals surface area (Å²) in [6, 6.07) is 7.37. The Hall–Kier alpha value is -1.10. The van der Waals surface area contributed by atoms with Crippen molar-refractivity contribution in [2.75, 3.05) is 32.7 Å². The number of aliphatic hydroxyl groups excluding tert-OH is 1. The smallest absolute Gasteiger partial charge is 0.222 e. The lowest BCUT2D eigenvalue weighted by Gasteiger charge is -2.35. The van der Waals surface area contributed by atoms with Crippen LogP contribution in [0, 0.1) is 0 Å². The molecule has 0 spiro atoms. The van der Waals surface area contributed by atoms with Crippen molar-refractivity contribution in [2.24, 2.45) is 0 Å². The average Bonchev–Trinajstić information content (AvgIpc) is 2.47. The Morgan fingerprint density at radius 3 is 2.55 bits per heavy atom. The van der Waals surface area contributed by atoms with E-state index in [2.05, 4.69) is 4.90 Å². The van der Waals surface area contributed by atoms with Crippen molar-refractivity contribution >= 4 is 17.5 Å². The highest BCUT2D eigenvalue weighted by atomic mass is 35.5. The molecule has 0 radical (unpaired) electrons. The van der Waals surface area contributed by atoms with Crippen LogP contribution in [-0.4, -0.2) is 53.5 Å². The summed E-state index contributed by atoms with van der Waals surface area (Å²) in [5.41, 5.74) is 0.765. The first-order chi connectivity index (χ1) is 9.61. The van der Waals surface area contributed by atoms with E-state index in [0.717, 1.165) is 31.7 Å². The Morgan fingerprint density at radius 2 is 1.95 bits per heavy atom. The fraction of sp³-hybridized carbons (Fsp3) is 0.533. The molecule has 1 N–H and O–H groups in total. The topological polar surface area (TPSA) is 43.8 Å². The Morgan fingerprint density at radius 1 is 1.30 bits per heavy atom. The Kier molecular flexibility index (Phi) is 5.40. The van der Waals surface area contributed by atoms with E-state index in [1.807, 2.05) is 30.0 Å². The van der Waals surface area contributed by atoms with Gasteiger partial charge < -0.3 is 10.0 Å². The second-order valence-corrected chi connectivity index (χ2v) is 5.48. The van der Waals surface area contributed by atoms with E-state index < -0.39 is 6.10 Å². The first-order valence-electron chi connectivity index (χ1n) is 7.04. The second kappa shape index (κ2) is 7.07. The number of rotatable bonds is 4. The summed E-state index contributed by atoms with van der Waals surface area (Å²) in [7, 11) is 0. The number of β-amino-alcohol motifs (C(OH)–C–C–N with tert-alkyl or cyclic N) is 1. The number of carbonyl (C=O) groups excluding carboxylic acids is 1. The van der Waals surface area contributed by atoms with E-state index in [9.17, 15) is 9.90 Å². The zero-order valence-corrected chi connectivity index (χ0v) is 12.5. The van der Waals surface area contributed by atoms with Gasteiger partial charge in [-0.3, -0.25) is 9.69 Å². The van der Waals surface area contributed by atoms with Crippen molar-refractivity contribution in [3.63, 3.8) is 0 Å². The number of amides is 1. The first kappa shape index (κ1) is 15.3. The van der Waals surface area contributed by atoms with Crippen LogP contribution in [0.4, 0.5) is 0 Å². The average molecular weight is 297 g/mol. The van der Waals surface area contributed by atoms with Crippen LogP contribution in [0.25, 0.3) is 0 Å². The summed E-state index contributed by atoms with van der Waals surface area (Å²) >= 11 is 6.09. The Bertz CT molecular complexity index is 459. The molecule has 1 aromatic carbocycles. The molecule has 1 heterocycles. The van der Waals surface area contributed by atoms with E-state index >= 15 is 0 Å². The zero-order chi connectivity index (χ0) is 14.5. The van der Waals surface area contributed by atoms with E-state index in [1.54, 1.807) is 6.07 Å². The largest absolute Gasteiger partial charge is 0.387 e. The normalized spacial score (nSPS) is 18.1. The lowest BCUT2D eigenvalue weighted by atomic mass is 10.1. The fourth-order valence-corrected chi connectivity index (χ4v) is 2.75. The van der Waals surface area contributed by atoms with Crippen molar-refractivity contribution in [3.8, 4) is 0 Å². The molecule has 1 aliphatic rings. The van der Waals surface area contributed by atoms with Crippen LogP contribution in [0.15, 0.2) is 24.3 Å². The monoisotopic (exact) mass is 296 g/mol. The molecular weight excluding hydrogens is 276 g/mol. The number of carbonyl (C=O) groups is 1. The van der Waals surface area contributed by atoms with Gasteiger partial charge in [-0.2, -0.15) is 0 Å². The summed E-state index contributed by atoms with van der Waals surface area (Å²) in [4.78, 5) is 15.7. The molecule has 1 amide bonds. The minimum absolute atomic E-state index is 0.205. The van der Waals surface area contributed by atoms with Gasteiger partial charge in [0.05, 0.1) is 6.10 Å². The van der Waals surface area contributed by atoms with Crippen LogP contribution in [0.5, 0.6) is 0 Å². The van der Waals surface area contributed by atoms with E-state index in [4.69, 9.17) is 11.6 Å². The quantitative estimate of drug-likeness (QED) is 0.923.